The van der Waals surface area contributed by atoms with Crippen molar-refractivity contribution in [3.63, 3.8) is 0 Å². The lowest BCUT2D eigenvalue weighted by Gasteiger charge is -2.39. The molecule has 2 aromatic rings. The van der Waals surface area contributed by atoms with Crippen molar-refractivity contribution in [2.45, 2.75) is 36.6 Å². The maximum atomic E-state index is 12.6. The Kier molecular flexibility index (Phi) is 5.27. The topological polar surface area (TPSA) is 72.4 Å². The second kappa shape index (κ2) is 7.27. The Balaban J connectivity index is 1.92. The second-order valence-corrected chi connectivity index (χ2v) is 8.53. The summed E-state index contributed by atoms with van der Waals surface area (Å²) in [4.78, 5) is 10.8. The van der Waals surface area contributed by atoms with Crippen molar-refractivity contribution in [1.82, 2.24) is 9.97 Å². The highest BCUT2D eigenvalue weighted by atomic mass is 35.5. The van der Waals surface area contributed by atoms with Gasteiger partial charge in [-0.15, -0.1) is 0 Å². The molecule has 0 amide bonds. The minimum absolute atomic E-state index is 0.0432. The monoisotopic (exact) mass is 381 g/mol. The van der Waals surface area contributed by atoms with E-state index in [0.717, 1.165) is 0 Å². The molecule has 1 aliphatic rings. The van der Waals surface area contributed by atoms with Gasteiger partial charge >= 0.3 is 0 Å². The van der Waals surface area contributed by atoms with Crippen LogP contribution in [-0.2, 0) is 20.3 Å². The average molecular weight is 382 g/mol. The number of sulfone groups is 1. The van der Waals surface area contributed by atoms with Crippen molar-refractivity contribution >= 4 is 27.3 Å². The van der Waals surface area contributed by atoms with Gasteiger partial charge in [-0.1, -0.05) is 18.2 Å². The molecule has 0 bridgehead atoms. The molecule has 2 atom stereocenters. The van der Waals surface area contributed by atoms with Crippen molar-refractivity contribution in [2.75, 3.05) is 18.1 Å². The zero-order chi connectivity index (χ0) is 18.0. The van der Waals surface area contributed by atoms with Gasteiger partial charge < -0.3 is 9.64 Å². The summed E-state index contributed by atoms with van der Waals surface area (Å²) in [5, 5.41) is 0.0432. The first kappa shape index (κ1) is 18.1. The molecular weight excluding hydrogens is 362 g/mol. The lowest BCUT2D eigenvalue weighted by atomic mass is 10.1. The van der Waals surface area contributed by atoms with E-state index in [2.05, 4.69) is 14.9 Å². The largest absolute Gasteiger partial charge is 0.377 e. The third-order valence-corrected chi connectivity index (χ3v) is 5.95. The normalized spacial score (nSPS) is 21.3. The van der Waals surface area contributed by atoms with E-state index in [0.29, 0.717) is 24.7 Å². The lowest BCUT2D eigenvalue weighted by molar-refractivity contribution is 0.0752. The number of benzene rings is 1. The van der Waals surface area contributed by atoms with Crippen LogP contribution in [0, 0.1) is 0 Å². The molecule has 0 radical (unpaired) electrons. The summed E-state index contributed by atoms with van der Waals surface area (Å²) in [6.07, 6.45) is 0. The van der Waals surface area contributed by atoms with Crippen LogP contribution < -0.4 is 4.90 Å². The van der Waals surface area contributed by atoms with Gasteiger partial charge in [0.05, 0.1) is 41.6 Å². The molecular formula is C17H20ClN3O3S. The molecule has 3 rings (SSSR count). The smallest absolute Gasteiger partial charge is 0.224 e. The van der Waals surface area contributed by atoms with Crippen LogP contribution in [0.1, 0.15) is 19.5 Å². The molecule has 8 heteroatoms. The van der Waals surface area contributed by atoms with Crippen LogP contribution in [0.5, 0.6) is 0 Å². The molecule has 1 saturated heterocycles. The molecule has 1 fully saturated rings. The fraction of sp³-hybridized carbons (Fsp3) is 0.412. The van der Waals surface area contributed by atoms with Crippen LogP contribution in [0.15, 0.2) is 41.3 Å². The number of hydrogen-bond acceptors (Lipinski definition) is 6. The van der Waals surface area contributed by atoms with E-state index in [1.54, 1.807) is 36.4 Å². The summed E-state index contributed by atoms with van der Waals surface area (Å²) >= 11 is 6.06. The molecule has 0 saturated carbocycles. The Morgan fingerprint density at radius 3 is 2.44 bits per heavy atom. The maximum Gasteiger partial charge on any atom is 0.224 e. The van der Waals surface area contributed by atoms with Crippen LogP contribution in [0.4, 0.5) is 5.82 Å². The molecule has 0 unspecified atom stereocenters. The van der Waals surface area contributed by atoms with Gasteiger partial charge in [0, 0.05) is 6.07 Å². The van der Waals surface area contributed by atoms with Gasteiger partial charge in [0.2, 0.25) is 5.28 Å². The molecule has 25 heavy (non-hydrogen) atoms. The second-order valence-electron chi connectivity index (χ2n) is 6.20. The summed E-state index contributed by atoms with van der Waals surface area (Å²) in [6.45, 7) is 5.24. The molecule has 134 valence electrons. The summed E-state index contributed by atoms with van der Waals surface area (Å²) in [5.41, 5.74) is 0.379. The number of hydrogen-bond donors (Lipinski definition) is 0. The van der Waals surface area contributed by atoms with E-state index in [1.807, 2.05) is 13.8 Å². The quantitative estimate of drug-likeness (QED) is 0.758. The Bertz CT molecular complexity index is 835. The highest BCUT2D eigenvalue weighted by Crippen LogP contribution is 2.25. The minimum Gasteiger partial charge on any atom is -0.377 e. The van der Waals surface area contributed by atoms with E-state index in [9.17, 15) is 8.42 Å². The fourth-order valence-corrected chi connectivity index (χ4v) is 4.49. The summed E-state index contributed by atoms with van der Waals surface area (Å²) in [6, 6.07) is 10.3. The predicted octanol–water partition coefficient (Wildman–Crippen LogP) is 2.72. The standard InChI is InChI=1S/C17H20ClN3O3S/c1-12-9-24-10-13(2)21(12)16-8-14(19-17(18)20-16)11-25(22,23)15-6-4-3-5-7-15/h3-8,12-13H,9-11H2,1-2H3/t12-,13-/m0/s1. The molecule has 1 aromatic carbocycles. The van der Waals surface area contributed by atoms with Crippen LogP contribution >= 0.6 is 11.6 Å². The highest BCUT2D eigenvalue weighted by Gasteiger charge is 2.28. The number of anilines is 1. The van der Waals surface area contributed by atoms with Gasteiger partial charge in [-0.3, -0.25) is 0 Å². The van der Waals surface area contributed by atoms with Gasteiger partial charge in [0.1, 0.15) is 5.82 Å². The molecule has 1 aromatic heterocycles. The number of morpholine rings is 1. The maximum absolute atomic E-state index is 12.6. The molecule has 0 spiro atoms. The Labute approximate surface area is 152 Å². The first-order chi connectivity index (χ1) is 11.9. The van der Waals surface area contributed by atoms with Crippen molar-refractivity contribution in [1.29, 1.82) is 0 Å². The summed E-state index contributed by atoms with van der Waals surface area (Å²) in [7, 11) is -3.50. The van der Waals surface area contributed by atoms with E-state index in [-0.39, 0.29) is 28.0 Å². The Morgan fingerprint density at radius 1 is 1.16 bits per heavy atom. The first-order valence-electron chi connectivity index (χ1n) is 8.04. The van der Waals surface area contributed by atoms with Crippen LogP contribution in [-0.4, -0.2) is 43.7 Å². The van der Waals surface area contributed by atoms with Gasteiger partial charge in [0.25, 0.3) is 0 Å². The summed E-state index contributed by atoms with van der Waals surface area (Å²) < 4.78 is 30.7. The average Bonchev–Trinajstić information content (AvgIpc) is 2.54. The van der Waals surface area contributed by atoms with Gasteiger partial charge in [-0.2, -0.15) is 0 Å². The Hall–Kier alpha value is -1.70. The van der Waals surface area contributed by atoms with Crippen molar-refractivity contribution in [3.05, 3.63) is 47.4 Å². The molecule has 6 nitrogen and oxygen atoms in total. The van der Waals surface area contributed by atoms with Crippen LogP contribution in [0.25, 0.3) is 0 Å². The molecule has 0 aliphatic carbocycles. The van der Waals surface area contributed by atoms with Crippen molar-refractivity contribution in [2.24, 2.45) is 0 Å². The number of halogens is 1. The van der Waals surface area contributed by atoms with E-state index >= 15 is 0 Å². The van der Waals surface area contributed by atoms with Crippen molar-refractivity contribution in [3.8, 4) is 0 Å². The fourth-order valence-electron chi connectivity index (χ4n) is 3.02. The highest BCUT2D eigenvalue weighted by molar-refractivity contribution is 7.90. The number of rotatable bonds is 4. The van der Waals surface area contributed by atoms with E-state index in [1.165, 1.54) is 0 Å². The minimum atomic E-state index is -3.50. The molecule has 0 N–H and O–H groups in total. The van der Waals surface area contributed by atoms with Gasteiger partial charge in [-0.25, -0.2) is 18.4 Å². The molecule has 2 heterocycles. The third kappa shape index (κ3) is 4.11. The number of aromatic nitrogens is 2. The first-order valence-corrected chi connectivity index (χ1v) is 10.1. The van der Waals surface area contributed by atoms with Gasteiger partial charge in [0.15, 0.2) is 9.84 Å². The predicted molar refractivity (Wildman–Crippen MR) is 96.6 cm³/mol. The number of ether oxygens (including phenoxy) is 1. The SMILES string of the molecule is C[C@H]1COC[C@H](C)N1c1cc(CS(=O)(=O)c2ccccc2)nc(Cl)n1. The molecule has 1 aliphatic heterocycles. The lowest BCUT2D eigenvalue weighted by Crippen LogP contribution is -2.50. The van der Waals surface area contributed by atoms with Gasteiger partial charge in [-0.05, 0) is 37.6 Å². The van der Waals surface area contributed by atoms with Crippen LogP contribution in [0.3, 0.4) is 0 Å². The zero-order valence-corrected chi connectivity index (χ0v) is 15.7. The third-order valence-electron chi connectivity index (χ3n) is 4.11. The Morgan fingerprint density at radius 2 is 1.80 bits per heavy atom. The van der Waals surface area contributed by atoms with Crippen LogP contribution in [0.2, 0.25) is 5.28 Å². The van der Waals surface area contributed by atoms with Crippen molar-refractivity contribution < 1.29 is 13.2 Å². The van der Waals surface area contributed by atoms with E-state index < -0.39 is 9.84 Å². The zero-order valence-electron chi connectivity index (χ0n) is 14.1. The summed E-state index contributed by atoms with van der Waals surface area (Å²) in [5.74, 6) is 0.404. The number of nitrogens with zero attached hydrogens (tertiary/aromatic N) is 3. The van der Waals surface area contributed by atoms with E-state index in [4.69, 9.17) is 16.3 Å².